The lowest BCUT2D eigenvalue weighted by atomic mass is 10.2. The van der Waals surface area contributed by atoms with Crippen molar-refractivity contribution in [1.82, 2.24) is 10.7 Å². The van der Waals surface area contributed by atoms with Gasteiger partial charge in [0, 0.05) is 20.1 Å². The van der Waals surface area contributed by atoms with Crippen LogP contribution in [0.4, 0.5) is 0 Å². The number of carbonyl (C=O) groups is 3. The average molecular weight is 619 g/mol. The van der Waals surface area contributed by atoms with Gasteiger partial charge in [0.1, 0.15) is 5.75 Å². The van der Waals surface area contributed by atoms with Gasteiger partial charge in [-0.05, 0) is 54.6 Å². The molecule has 3 rings (SSSR count). The third-order valence-electron chi connectivity index (χ3n) is 4.68. The van der Waals surface area contributed by atoms with Crippen LogP contribution in [-0.2, 0) is 4.79 Å². The zero-order valence-corrected chi connectivity index (χ0v) is 22.4. The van der Waals surface area contributed by atoms with Crippen LogP contribution in [-0.4, -0.2) is 44.8 Å². The van der Waals surface area contributed by atoms with Gasteiger partial charge in [-0.2, -0.15) is 5.10 Å². The molecule has 0 aromatic heterocycles. The molecule has 0 atom stereocenters. The van der Waals surface area contributed by atoms with Gasteiger partial charge < -0.3 is 19.5 Å². The lowest BCUT2D eigenvalue weighted by Gasteiger charge is -2.11. The fourth-order valence-electron chi connectivity index (χ4n) is 2.94. The van der Waals surface area contributed by atoms with Crippen molar-refractivity contribution in [3.8, 4) is 17.2 Å². The highest BCUT2D eigenvalue weighted by Gasteiger charge is 2.15. The Morgan fingerprint density at radius 3 is 2.31 bits per heavy atom. The number of carbonyl (C=O) groups excluding carboxylic acids is 3. The van der Waals surface area contributed by atoms with Crippen molar-refractivity contribution in [1.29, 1.82) is 0 Å². The zero-order chi connectivity index (χ0) is 26.1. The van der Waals surface area contributed by atoms with Crippen molar-refractivity contribution in [3.05, 3.63) is 86.3 Å². The summed E-state index contributed by atoms with van der Waals surface area (Å²) in [6, 6.07) is 16.4. The molecule has 0 aliphatic heterocycles. The van der Waals surface area contributed by atoms with Gasteiger partial charge in [-0.3, -0.25) is 9.59 Å². The second kappa shape index (κ2) is 12.8. The maximum atomic E-state index is 12.7. The molecule has 0 aliphatic carbocycles. The van der Waals surface area contributed by atoms with Crippen molar-refractivity contribution < 1.29 is 28.6 Å². The van der Waals surface area contributed by atoms with E-state index in [-0.39, 0.29) is 17.9 Å². The minimum atomic E-state index is -0.618. The van der Waals surface area contributed by atoms with Crippen LogP contribution in [0, 0.1) is 0 Å². The Hall–Kier alpha value is -3.70. The fraction of sp³-hybridized carbons (Fsp3) is 0.120. The first-order valence-corrected chi connectivity index (χ1v) is 12.0. The fourth-order valence-corrected chi connectivity index (χ4v) is 3.72. The molecular formula is C25H21Br2N3O6. The number of rotatable bonds is 9. The number of nitrogens with one attached hydrogen (secondary N) is 2. The summed E-state index contributed by atoms with van der Waals surface area (Å²) in [5.41, 5.74) is 3.43. The molecule has 3 aromatic rings. The number of ether oxygens (including phenoxy) is 3. The number of benzene rings is 3. The minimum Gasteiger partial charge on any atom is -0.493 e. The number of halogens is 2. The Kier molecular flexibility index (Phi) is 9.60. The molecule has 0 fully saturated rings. The van der Waals surface area contributed by atoms with Crippen LogP contribution in [0.15, 0.2) is 74.7 Å². The summed E-state index contributed by atoms with van der Waals surface area (Å²) >= 11 is 6.65. The molecule has 186 valence electrons. The summed E-state index contributed by atoms with van der Waals surface area (Å²) in [4.78, 5) is 37.0. The average Bonchev–Trinajstić information content (AvgIpc) is 2.88. The van der Waals surface area contributed by atoms with E-state index in [1.54, 1.807) is 54.6 Å². The Balaban J connectivity index is 1.63. The monoisotopic (exact) mass is 617 g/mol. The summed E-state index contributed by atoms with van der Waals surface area (Å²) in [5.74, 6) is -0.459. The number of hydrogen-bond donors (Lipinski definition) is 2. The van der Waals surface area contributed by atoms with Crippen molar-refractivity contribution in [2.75, 3.05) is 20.8 Å². The Bertz CT molecular complexity index is 1310. The summed E-state index contributed by atoms with van der Waals surface area (Å²) in [5, 5.41) is 6.42. The van der Waals surface area contributed by atoms with Gasteiger partial charge in [-0.1, -0.05) is 37.9 Å². The van der Waals surface area contributed by atoms with Gasteiger partial charge >= 0.3 is 5.97 Å². The lowest BCUT2D eigenvalue weighted by molar-refractivity contribution is -0.120. The van der Waals surface area contributed by atoms with Crippen molar-refractivity contribution in [2.45, 2.75) is 0 Å². The van der Waals surface area contributed by atoms with Crippen LogP contribution in [0.5, 0.6) is 17.2 Å². The molecule has 0 heterocycles. The van der Waals surface area contributed by atoms with Crippen LogP contribution < -0.4 is 25.0 Å². The van der Waals surface area contributed by atoms with E-state index in [0.717, 1.165) is 4.47 Å². The normalized spacial score (nSPS) is 10.6. The zero-order valence-electron chi connectivity index (χ0n) is 19.2. The number of hydrazone groups is 1. The minimum absolute atomic E-state index is 0.221. The largest absolute Gasteiger partial charge is 0.493 e. The molecule has 36 heavy (non-hydrogen) atoms. The third-order valence-corrected chi connectivity index (χ3v) is 5.67. The Morgan fingerprint density at radius 2 is 1.58 bits per heavy atom. The second-order valence-electron chi connectivity index (χ2n) is 7.13. The number of hydrogen-bond acceptors (Lipinski definition) is 7. The molecule has 0 bridgehead atoms. The van der Waals surface area contributed by atoms with Crippen LogP contribution in [0.1, 0.15) is 26.3 Å². The third kappa shape index (κ3) is 7.40. The van der Waals surface area contributed by atoms with E-state index in [9.17, 15) is 14.4 Å². The smallest absolute Gasteiger partial charge is 0.343 e. The summed E-state index contributed by atoms with van der Waals surface area (Å²) in [7, 11) is 2.97. The SMILES string of the molecule is COc1ccc(C(=O)Oc2ccc(Br)cc2/C=N\NC(=O)CNC(=O)c2cccc(Br)c2)cc1OC. The molecule has 0 spiro atoms. The number of nitrogens with zero attached hydrogens (tertiary/aromatic N) is 1. The van der Waals surface area contributed by atoms with Crippen LogP contribution >= 0.6 is 31.9 Å². The molecule has 0 radical (unpaired) electrons. The molecular weight excluding hydrogens is 598 g/mol. The molecule has 2 N–H and O–H groups in total. The Morgan fingerprint density at radius 1 is 0.861 bits per heavy atom. The van der Waals surface area contributed by atoms with Gasteiger partial charge in [0.05, 0.1) is 32.5 Å². The first-order valence-electron chi connectivity index (χ1n) is 10.4. The van der Waals surface area contributed by atoms with E-state index >= 15 is 0 Å². The van der Waals surface area contributed by atoms with E-state index in [1.807, 2.05) is 0 Å². The van der Waals surface area contributed by atoms with E-state index in [1.165, 1.54) is 26.5 Å². The van der Waals surface area contributed by atoms with E-state index in [4.69, 9.17) is 14.2 Å². The topological polar surface area (TPSA) is 115 Å². The van der Waals surface area contributed by atoms with Crippen LogP contribution in [0.2, 0.25) is 0 Å². The lowest BCUT2D eigenvalue weighted by Crippen LogP contribution is -2.34. The first-order chi connectivity index (χ1) is 17.3. The first kappa shape index (κ1) is 26.9. The predicted octanol–water partition coefficient (Wildman–Crippen LogP) is 4.33. The summed E-state index contributed by atoms with van der Waals surface area (Å²) in [6.07, 6.45) is 1.33. The van der Waals surface area contributed by atoms with Crippen LogP contribution in [0.3, 0.4) is 0 Å². The highest BCUT2D eigenvalue weighted by Crippen LogP contribution is 2.29. The highest BCUT2D eigenvalue weighted by molar-refractivity contribution is 9.10. The van der Waals surface area contributed by atoms with Crippen molar-refractivity contribution in [2.24, 2.45) is 5.10 Å². The van der Waals surface area contributed by atoms with Gasteiger partial charge in [0.15, 0.2) is 11.5 Å². The van der Waals surface area contributed by atoms with Crippen molar-refractivity contribution in [3.63, 3.8) is 0 Å². The molecule has 0 unspecified atom stereocenters. The van der Waals surface area contributed by atoms with E-state index in [0.29, 0.717) is 27.1 Å². The number of esters is 1. The molecule has 0 aliphatic rings. The quantitative estimate of drug-likeness (QED) is 0.160. The molecule has 3 aromatic carbocycles. The van der Waals surface area contributed by atoms with E-state index in [2.05, 4.69) is 47.7 Å². The second-order valence-corrected chi connectivity index (χ2v) is 8.96. The van der Waals surface area contributed by atoms with Gasteiger partial charge in [-0.15, -0.1) is 0 Å². The number of amides is 2. The Labute approximate surface area is 224 Å². The maximum Gasteiger partial charge on any atom is 0.343 e. The highest BCUT2D eigenvalue weighted by atomic mass is 79.9. The van der Waals surface area contributed by atoms with Gasteiger partial charge in [0.2, 0.25) is 0 Å². The van der Waals surface area contributed by atoms with E-state index < -0.39 is 17.8 Å². The van der Waals surface area contributed by atoms with Gasteiger partial charge in [0.25, 0.3) is 11.8 Å². The standard InChI is InChI=1S/C25H21Br2N3O6/c1-34-21-8-6-16(12-22(21)35-2)25(33)36-20-9-7-19(27)11-17(20)13-29-30-23(31)14-28-24(32)15-4-3-5-18(26)10-15/h3-13H,14H2,1-2H3,(H,28,32)(H,30,31)/b29-13-. The summed E-state index contributed by atoms with van der Waals surface area (Å²) in [6.45, 7) is -0.275. The molecule has 0 saturated heterocycles. The number of methoxy groups -OCH3 is 2. The van der Waals surface area contributed by atoms with Gasteiger partial charge in [-0.25, -0.2) is 10.2 Å². The van der Waals surface area contributed by atoms with Crippen LogP contribution in [0.25, 0.3) is 0 Å². The molecule has 11 heteroatoms. The molecule has 0 saturated carbocycles. The summed E-state index contributed by atoms with van der Waals surface area (Å²) < 4.78 is 17.4. The molecule has 2 amide bonds. The predicted molar refractivity (Wildman–Crippen MR) is 141 cm³/mol. The molecule has 9 nitrogen and oxygen atoms in total. The van der Waals surface area contributed by atoms with Crippen molar-refractivity contribution >= 4 is 55.9 Å². The maximum absolute atomic E-state index is 12.7.